The van der Waals surface area contributed by atoms with E-state index in [0.717, 1.165) is 24.0 Å². The average Bonchev–Trinajstić information content (AvgIpc) is 2.86. The van der Waals surface area contributed by atoms with E-state index in [2.05, 4.69) is 50.2 Å². The standard InChI is InChI=1S/C17H11ClI2N2O2S/c18-11-3-1-9(2-4-11)8-24-15-12(19)5-10(6-13(15)20)7-14-16(23)22-17(21)25-14/h1-7H,8H2,(H2,21,22,23)/b14-7-. The molecule has 1 heterocycles. The summed E-state index contributed by atoms with van der Waals surface area (Å²) in [6, 6.07) is 11.5. The lowest BCUT2D eigenvalue weighted by molar-refractivity contribution is -0.113. The summed E-state index contributed by atoms with van der Waals surface area (Å²) in [4.78, 5) is 16.0. The summed E-state index contributed by atoms with van der Waals surface area (Å²) < 4.78 is 7.90. The zero-order valence-electron chi connectivity index (χ0n) is 12.6. The van der Waals surface area contributed by atoms with Crippen LogP contribution in [0.3, 0.4) is 0 Å². The molecule has 4 nitrogen and oxygen atoms in total. The van der Waals surface area contributed by atoms with E-state index in [1.54, 1.807) is 6.08 Å². The van der Waals surface area contributed by atoms with Crippen molar-refractivity contribution in [3.8, 4) is 5.75 Å². The van der Waals surface area contributed by atoms with Crippen molar-refractivity contribution < 1.29 is 9.53 Å². The van der Waals surface area contributed by atoms with Crippen molar-refractivity contribution in [1.29, 1.82) is 0 Å². The second kappa shape index (κ2) is 8.28. The normalized spacial score (nSPS) is 15.6. The summed E-state index contributed by atoms with van der Waals surface area (Å²) in [7, 11) is 0. The quantitative estimate of drug-likeness (QED) is 0.396. The van der Waals surface area contributed by atoms with Crippen LogP contribution in [-0.4, -0.2) is 11.1 Å². The zero-order valence-corrected chi connectivity index (χ0v) is 18.5. The maximum atomic E-state index is 11.7. The van der Waals surface area contributed by atoms with Crippen molar-refractivity contribution in [1.82, 2.24) is 0 Å². The number of ether oxygens (including phenoxy) is 1. The van der Waals surface area contributed by atoms with Gasteiger partial charge in [0.15, 0.2) is 5.17 Å². The first-order chi connectivity index (χ1) is 11.9. The average molecular weight is 597 g/mol. The van der Waals surface area contributed by atoms with Crippen molar-refractivity contribution >= 4 is 85.7 Å². The van der Waals surface area contributed by atoms with Crippen LogP contribution in [0.5, 0.6) is 5.75 Å². The Bertz CT molecular complexity index is 875. The number of halogens is 3. The van der Waals surface area contributed by atoms with Gasteiger partial charge >= 0.3 is 0 Å². The van der Waals surface area contributed by atoms with Gasteiger partial charge in [-0.25, -0.2) is 0 Å². The van der Waals surface area contributed by atoms with E-state index < -0.39 is 0 Å². The van der Waals surface area contributed by atoms with Gasteiger partial charge in [-0.1, -0.05) is 23.7 Å². The Labute approximate surface area is 181 Å². The van der Waals surface area contributed by atoms with Gasteiger partial charge in [0, 0.05) is 5.02 Å². The molecule has 0 unspecified atom stereocenters. The van der Waals surface area contributed by atoms with Gasteiger partial charge in [-0.3, -0.25) is 4.79 Å². The zero-order chi connectivity index (χ0) is 18.0. The molecular weight excluding hydrogens is 586 g/mol. The van der Waals surface area contributed by atoms with E-state index in [1.165, 1.54) is 11.8 Å². The lowest BCUT2D eigenvalue weighted by atomic mass is 10.2. The smallest absolute Gasteiger partial charge is 0.286 e. The third-order valence-corrected chi connectivity index (χ3v) is 5.92. The topological polar surface area (TPSA) is 64.7 Å². The van der Waals surface area contributed by atoms with Gasteiger partial charge in [0.1, 0.15) is 12.4 Å². The maximum absolute atomic E-state index is 11.7. The Kier molecular flexibility index (Phi) is 6.29. The molecule has 0 bridgehead atoms. The SMILES string of the molecule is NC1=NC(=O)/C(=C/c2cc(I)c(OCc3ccc(Cl)cc3)c(I)c2)S1. The number of hydrogen-bond acceptors (Lipinski definition) is 4. The van der Waals surface area contributed by atoms with Crippen molar-refractivity contribution in [3.63, 3.8) is 0 Å². The molecule has 25 heavy (non-hydrogen) atoms. The van der Waals surface area contributed by atoms with Crippen molar-refractivity contribution in [2.45, 2.75) is 6.61 Å². The van der Waals surface area contributed by atoms with Crippen LogP contribution in [0.25, 0.3) is 6.08 Å². The highest BCUT2D eigenvalue weighted by atomic mass is 127. The molecule has 2 aromatic carbocycles. The molecule has 0 aliphatic carbocycles. The van der Waals surface area contributed by atoms with Crippen molar-refractivity contribution in [3.05, 3.63) is 64.6 Å². The number of benzene rings is 2. The largest absolute Gasteiger partial charge is 0.487 e. The van der Waals surface area contributed by atoms with E-state index in [0.29, 0.717) is 16.5 Å². The minimum atomic E-state index is -0.296. The molecule has 0 saturated carbocycles. The molecule has 1 amide bonds. The van der Waals surface area contributed by atoms with E-state index in [1.807, 2.05) is 36.4 Å². The second-order valence-corrected chi connectivity index (χ2v) is 8.92. The fraction of sp³-hybridized carbons (Fsp3) is 0.0588. The lowest BCUT2D eigenvalue weighted by Gasteiger charge is -2.12. The summed E-state index contributed by atoms with van der Waals surface area (Å²) >= 11 is 11.5. The van der Waals surface area contributed by atoms with E-state index in [9.17, 15) is 4.79 Å². The Morgan fingerprint density at radius 1 is 1.20 bits per heavy atom. The number of aliphatic imine (C=N–C) groups is 1. The fourth-order valence-electron chi connectivity index (χ4n) is 2.11. The first kappa shape index (κ1) is 19.0. The highest BCUT2D eigenvalue weighted by Crippen LogP contribution is 2.32. The molecule has 0 aromatic heterocycles. The minimum Gasteiger partial charge on any atom is -0.487 e. The lowest BCUT2D eigenvalue weighted by Crippen LogP contribution is -2.01. The minimum absolute atomic E-state index is 0.281. The second-order valence-electron chi connectivity index (χ2n) is 5.09. The van der Waals surface area contributed by atoms with Gasteiger partial charge in [-0.15, -0.1) is 0 Å². The Hall–Kier alpha value is -0.780. The fourth-order valence-corrected chi connectivity index (χ4v) is 5.05. The molecule has 0 atom stereocenters. The van der Waals surface area contributed by atoms with Crippen LogP contribution in [0.4, 0.5) is 0 Å². The molecule has 2 aromatic rings. The molecule has 1 aliphatic heterocycles. The molecule has 0 radical (unpaired) electrons. The number of hydrogen-bond donors (Lipinski definition) is 1. The molecule has 3 rings (SSSR count). The van der Waals surface area contributed by atoms with Crippen LogP contribution in [-0.2, 0) is 11.4 Å². The van der Waals surface area contributed by atoms with Gasteiger partial charge in [0.05, 0.1) is 12.0 Å². The van der Waals surface area contributed by atoms with Crippen LogP contribution >= 0.6 is 68.5 Å². The van der Waals surface area contributed by atoms with Crippen LogP contribution in [0.2, 0.25) is 5.02 Å². The van der Waals surface area contributed by atoms with Crippen molar-refractivity contribution in [2.24, 2.45) is 10.7 Å². The Balaban J connectivity index is 1.77. The van der Waals surface area contributed by atoms with Crippen LogP contribution in [0, 0.1) is 7.14 Å². The number of amides is 1. The van der Waals surface area contributed by atoms with Gasteiger partial charge in [-0.2, -0.15) is 4.99 Å². The number of amidine groups is 1. The molecule has 1 aliphatic rings. The van der Waals surface area contributed by atoms with E-state index >= 15 is 0 Å². The molecule has 0 fully saturated rings. The summed E-state index contributed by atoms with van der Waals surface area (Å²) in [5, 5.41) is 0.984. The van der Waals surface area contributed by atoms with Crippen LogP contribution in [0.1, 0.15) is 11.1 Å². The monoisotopic (exact) mass is 596 g/mol. The molecule has 128 valence electrons. The maximum Gasteiger partial charge on any atom is 0.286 e. The molecular formula is C17H11ClI2N2O2S. The Morgan fingerprint density at radius 3 is 2.40 bits per heavy atom. The number of nitrogens with two attached hydrogens (primary N) is 1. The van der Waals surface area contributed by atoms with Gasteiger partial charge in [0.2, 0.25) is 0 Å². The highest BCUT2D eigenvalue weighted by molar-refractivity contribution is 14.1. The summed E-state index contributed by atoms with van der Waals surface area (Å²) in [6.45, 7) is 0.461. The van der Waals surface area contributed by atoms with Gasteiger partial charge < -0.3 is 10.5 Å². The first-order valence-electron chi connectivity index (χ1n) is 7.06. The third kappa shape index (κ3) is 4.89. The molecule has 0 saturated heterocycles. The predicted molar refractivity (Wildman–Crippen MR) is 120 cm³/mol. The number of nitrogens with zero attached hydrogens (tertiary/aromatic N) is 1. The third-order valence-electron chi connectivity index (χ3n) is 3.25. The van der Waals surface area contributed by atoms with Crippen molar-refractivity contribution in [2.75, 3.05) is 0 Å². The van der Waals surface area contributed by atoms with Gasteiger partial charge in [0.25, 0.3) is 5.91 Å². The predicted octanol–water partition coefficient (Wildman–Crippen LogP) is 5.06. The summed E-state index contributed by atoms with van der Waals surface area (Å²) in [6.07, 6.45) is 1.80. The first-order valence-corrected chi connectivity index (χ1v) is 10.4. The van der Waals surface area contributed by atoms with E-state index in [4.69, 9.17) is 22.1 Å². The molecule has 8 heteroatoms. The Morgan fingerprint density at radius 2 is 1.84 bits per heavy atom. The number of rotatable bonds is 4. The number of thioether (sulfide) groups is 1. The summed E-state index contributed by atoms with van der Waals surface area (Å²) in [5.74, 6) is 0.523. The molecule has 0 spiro atoms. The number of carbonyl (C=O) groups is 1. The summed E-state index contributed by atoms with van der Waals surface area (Å²) in [5.41, 5.74) is 7.53. The highest BCUT2D eigenvalue weighted by Gasteiger charge is 2.20. The van der Waals surface area contributed by atoms with Gasteiger partial charge in [-0.05, 0) is 98.4 Å². The number of carbonyl (C=O) groups excluding carboxylic acids is 1. The van der Waals surface area contributed by atoms with Crippen LogP contribution in [0.15, 0.2) is 46.3 Å². The van der Waals surface area contributed by atoms with Crippen LogP contribution < -0.4 is 10.5 Å². The van der Waals surface area contributed by atoms with E-state index in [-0.39, 0.29) is 11.1 Å². The molecule has 2 N–H and O–H groups in total.